The lowest BCUT2D eigenvalue weighted by Gasteiger charge is -2.37. The number of hydrogen-bond donors (Lipinski definition) is 1. The molecule has 1 N–H and O–H groups in total. The molecule has 1 aliphatic carbocycles. The van der Waals surface area contributed by atoms with E-state index in [0.29, 0.717) is 5.56 Å². The Morgan fingerprint density at radius 1 is 1.16 bits per heavy atom. The number of carboxylic acid groups (broad SMARTS) is 1. The number of halogens is 2. The Kier molecular flexibility index (Phi) is 3.85. The molecule has 0 atom stereocenters. The quantitative estimate of drug-likeness (QED) is 0.855. The highest BCUT2D eigenvalue weighted by molar-refractivity contribution is 7.98. The van der Waals surface area contributed by atoms with Crippen LogP contribution in [0, 0.1) is 0 Å². The molecule has 0 radical (unpaired) electrons. The van der Waals surface area contributed by atoms with Crippen LogP contribution in [0.25, 0.3) is 0 Å². The fourth-order valence-corrected chi connectivity index (χ4v) is 2.99. The Bertz CT molecular complexity index is 461. The van der Waals surface area contributed by atoms with Crippen molar-refractivity contribution in [1.29, 1.82) is 0 Å². The van der Waals surface area contributed by atoms with Gasteiger partial charge in [-0.2, -0.15) is 0 Å². The normalized spacial score (nSPS) is 21.0. The smallest absolute Gasteiger partial charge is 0.314 e. The molecule has 0 aromatic heterocycles. The number of carbonyl (C=O) groups is 1. The molecule has 0 unspecified atom stereocenters. The van der Waals surface area contributed by atoms with Crippen molar-refractivity contribution in [3.8, 4) is 0 Å². The first-order valence-electron chi connectivity index (χ1n) is 6.15. The summed E-state index contributed by atoms with van der Waals surface area (Å²) in [6.07, 6.45) is 1.21. The van der Waals surface area contributed by atoms with Gasteiger partial charge in [-0.05, 0) is 36.8 Å². The van der Waals surface area contributed by atoms with Crippen LogP contribution in [0.5, 0.6) is 0 Å². The van der Waals surface area contributed by atoms with Gasteiger partial charge in [-0.15, -0.1) is 11.8 Å². The molecule has 5 heteroatoms. The zero-order valence-electron chi connectivity index (χ0n) is 10.7. The van der Waals surface area contributed by atoms with Gasteiger partial charge in [-0.1, -0.05) is 12.1 Å². The third-order valence-corrected chi connectivity index (χ3v) is 4.63. The predicted molar refractivity (Wildman–Crippen MR) is 71.0 cm³/mol. The highest BCUT2D eigenvalue weighted by Gasteiger charge is 2.48. The van der Waals surface area contributed by atoms with Gasteiger partial charge in [0.25, 0.3) is 0 Å². The minimum Gasteiger partial charge on any atom is -0.481 e. The van der Waals surface area contributed by atoms with Gasteiger partial charge in [-0.3, -0.25) is 4.79 Å². The number of hydrogen-bond acceptors (Lipinski definition) is 2. The van der Waals surface area contributed by atoms with E-state index < -0.39 is 17.3 Å². The molecule has 1 aromatic rings. The average Bonchev–Trinajstić information content (AvgIpc) is 2.39. The molecule has 104 valence electrons. The van der Waals surface area contributed by atoms with Crippen LogP contribution in [0.3, 0.4) is 0 Å². The van der Waals surface area contributed by atoms with Crippen LogP contribution in [0.4, 0.5) is 8.78 Å². The second kappa shape index (κ2) is 5.12. The van der Waals surface area contributed by atoms with Gasteiger partial charge in [0.15, 0.2) is 0 Å². The largest absolute Gasteiger partial charge is 0.481 e. The Morgan fingerprint density at radius 3 is 2.11 bits per heavy atom. The molecule has 0 heterocycles. The van der Waals surface area contributed by atoms with Crippen LogP contribution in [0.15, 0.2) is 29.2 Å². The Labute approximate surface area is 115 Å². The summed E-state index contributed by atoms with van der Waals surface area (Å²) in [5, 5.41) is 9.49. The number of rotatable bonds is 3. The third kappa shape index (κ3) is 2.76. The molecule has 2 rings (SSSR count). The van der Waals surface area contributed by atoms with Gasteiger partial charge < -0.3 is 5.11 Å². The monoisotopic (exact) mass is 286 g/mol. The molecular formula is C14H16F2O2S. The molecule has 2 nitrogen and oxygen atoms in total. The molecule has 1 fully saturated rings. The Balaban J connectivity index is 2.32. The van der Waals surface area contributed by atoms with Gasteiger partial charge in [0.05, 0.1) is 5.41 Å². The van der Waals surface area contributed by atoms with Crippen LogP contribution >= 0.6 is 11.8 Å². The van der Waals surface area contributed by atoms with Crippen molar-refractivity contribution < 1.29 is 18.7 Å². The fourth-order valence-electron chi connectivity index (χ4n) is 2.58. The molecule has 1 saturated carbocycles. The highest BCUT2D eigenvalue weighted by Crippen LogP contribution is 2.45. The summed E-state index contributed by atoms with van der Waals surface area (Å²) >= 11 is 1.56. The lowest BCUT2D eigenvalue weighted by molar-refractivity contribution is -0.149. The highest BCUT2D eigenvalue weighted by atomic mass is 32.2. The summed E-state index contributed by atoms with van der Waals surface area (Å²) in [6.45, 7) is 0. The van der Waals surface area contributed by atoms with E-state index in [2.05, 4.69) is 0 Å². The van der Waals surface area contributed by atoms with E-state index in [0.717, 1.165) is 4.90 Å². The van der Waals surface area contributed by atoms with E-state index in [1.807, 2.05) is 18.4 Å². The topological polar surface area (TPSA) is 37.3 Å². The summed E-state index contributed by atoms with van der Waals surface area (Å²) < 4.78 is 26.5. The number of thioether (sulfide) groups is 1. The van der Waals surface area contributed by atoms with Crippen LogP contribution in [0.1, 0.15) is 31.2 Å². The minimum atomic E-state index is -2.72. The van der Waals surface area contributed by atoms with Gasteiger partial charge in [-0.25, -0.2) is 8.78 Å². The zero-order valence-corrected chi connectivity index (χ0v) is 11.5. The number of carboxylic acids is 1. The Hall–Kier alpha value is -1.10. The summed E-state index contributed by atoms with van der Waals surface area (Å²) in [4.78, 5) is 12.6. The van der Waals surface area contributed by atoms with Crippen LogP contribution in [0.2, 0.25) is 0 Å². The first-order valence-corrected chi connectivity index (χ1v) is 7.38. The molecule has 0 aliphatic heterocycles. The van der Waals surface area contributed by atoms with Crippen molar-refractivity contribution >= 4 is 17.7 Å². The molecular weight excluding hydrogens is 270 g/mol. The zero-order chi connectivity index (χ0) is 14.1. The number of benzene rings is 1. The molecule has 0 saturated heterocycles. The molecule has 1 aromatic carbocycles. The SMILES string of the molecule is CSc1ccc(C2(C(=O)O)CCC(F)(F)CC2)cc1. The van der Waals surface area contributed by atoms with Crippen LogP contribution in [-0.2, 0) is 10.2 Å². The Morgan fingerprint density at radius 2 is 1.68 bits per heavy atom. The standard InChI is InChI=1S/C14H16F2O2S/c1-19-11-4-2-10(3-5-11)13(12(17)18)6-8-14(15,16)9-7-13/h2-5H,6-9H2,1H3,(H,17,18). The van der Waals surface area contributed by atoms with Crippen molar-refractivity contribution in [2.45, 2.75) is 41.9 Å². The van der Waals surface area contributed by atoms with Crippen LogP contribution in [-0.4, -0.2) is 23.3 Å². The van der Waals surface area contributed by atoms with Gasteiger partial charge in [0.1, 0.15) is 0 Å². The van der Waals surface area contributed by atoms with E-state index in [-0.39, 0.29) is 25.7 Å². The molecule has 19 heavy (non-hydrogen) atoms. The maximum absolute atomic E-state index is 13.2. The first-order chi connectivity index (χ1) is 8.89. The number of aliphatic carboxylic acids is 1. The minimum absolute atomic E-state index is 0.00600. The lowest BCUT2D eigenvalue weighted by Crippen LogP contribution is -2.42. The summed E-state index contributed by atoms with van der Waals surface area (Å²) in [5.74, 6) is -3.72. The number of alkyl halides is 2. The molecule has 0 spiro atoms. The molecule has 0 amide bonds. The van der Waals surface area contributed by atoms with E-state index in [1.54, 1.807) is 23.9 Å². The second-order valence-corrected chi connectivity index (χ2v) is 5.85. The summed E-state index contributed by atoms with van der Waals surface area (Å²) in [5.41, 5.74) is -0.521. The van der Waals surface area contributed by atoms with Crippen molar-refractivity contribution in [1.82, 2.24) is 0 Å². The third-order valence-electron chi connectivity index (χ3n) is 3.89. The van der Waals surface area contributed by atoms with Crippen molar-refractivity contribution in [2.75, 3.05) is 6.26 Å². The fraction of sp³-hybridized carbons (Fsp3) is 0.500. The van der Waals surface area contributed by atoms with Gasteiger partial charge in [0.2, 0.25) is 5.92 Å². The molecule has 0 bridgehead atoms. The molecule has 1 aliphatic rings. The second-order valence-electron chi connectivity index (χ2n) is 4.97. The maximum Gasteiger partial charge on any atom is 0.314 e. The predicted octanol–water partition coefficient (Wildman–Crippen LogP) is 3.94. The van der Waals surface area contributed by atoms with E-state index in [1.165, 1.54) is 0 Å². The van der Waals surface area contributed by atoms with E-state index >= 15 is 0 Å². The van der Waals surface area contributed by atoms with Crippen LogP contribution < -0.4 is 0 Å². The summed E-state index contributed by atoms with van der Waals surface area (Å²) in [6, 6.07) is 7.20. The van der Waals surface area contributed by atoms with E-state index in [9.17, 15) is 18.7 Å². The average molecular weight is 286 g/mol. The van der Waals surface area contributed by atoms with Crippen molar-refractivity contribution in [3.05, 3.63) is 29.8 Å². The first kappa shape index (κ1) is 14.3. The maximum atomic E-state index is 13.2. The van der Waals surface area contributed by atoms with Gasteiger partial charge in [0, 0.05) is 17.7 Å². The van der Waals surface area contributed by atoms with E-state index in [4.69, 9.17) is 0 Å². The lowest BCUT2D eigenvalue weighted by atomic mass is 9.68. The summed E-state index contributed by atoms with van der Waals surface area (Å²) in [7, 11) is 0. The van der Waals surface area contributed by atoms with Gasteiger partial charge >= 0.3 is 5.97 Å². The van der Waals surface area contributed by atoms with Crippen molar-refractivity contribution in [2.24, 2.45) is 0 Å². The van der Waals surface area contributed by atoms with Crippen molar-refractivity contribution in [3.63, 3.8) is 0 Å².